The van der Waals surface area contributed by atoms with E-state index in [-0.39, 0.29) is 36.7 Å². The molecule has 0 bridgehead atoms. The van der Waals surface area contributed by atoms with E-state index in [4.69, 9.17) is 0 Å². The molecule has 2 amide bonds. The minimum Gasteiger partial charge on any atom is -0.356 e. The van der Waals surface area contributed by atoms with Gasteiger partial charge in [0.05, 0.1) is 11.0 Å². The molecule has 32 heavy (non-hydrogen) atoms. The van der Waals surface area contributed by atoms with Crippen LogP contribution in [0.25, 0.3) is 11.0 Å². The molecule has 2 aromatic carbocycles. The average molecular weight is 442 g/mol. The van der Waals surface area contributed by atoms with Crippen molar-refractivity contribution >= 4 is 28.5 Å². The van der Waals surface area contributed by atoms with Crippen LogP contribution >= 0.6 is 0 Å². The molecular weight excluding hydrogens is 418 g/mol. The third-order valence-corrected chi connectivity index (χ3v) is 4.72. The van der Waals surface area contributed by atoms with Crippen LogP contribution in [0, 0.1) is 17.6 Å². The first-order chi connectivity index (χ1) is 15.2. The van der Waals surface area contributed by atoms with Crippen molar-refractivity contribution in [2.24, 2.45) is 5.92 Å². The quantitative estimate of drug-likeness (QED) is 0.561. The van der Waals surface area contributed by atoms with Crippen LogP contribution in [0.15, 0.2) is 47.3 Å². The number of rotatable bonds is 8. The van der Waals surface area contributed by atoms with Crippen LogP contribution in [0.4, 0.5) is 14.5 Å². The lowest BCUT2D eigenvalue weighted by atomic mass is 10.2. The zero-order valence-electron chi connectivity index (χ0n) is 17.8. The summed E-state index contributed by atoms with van der Waals surface area (Å²) in [5.41, 5.74) is 0.712. The summed E-state index contributed by atoms with van der Waals surface area (Å²) in [6, 6.07) is 9.83. The van der Waals surface area contributed by atoms with Crippen LogP contribution in [0.1, 0.15) is 26.0 Å². The summed E-state index contributed by atoms with van der Waals surface area (Å²) in [6.45, 7) is 4.15. The van der Waals surface area contributed by atoms with Gasteiger partial charge in [0.25, 0.3) is 5.56 Å². The Balaban J connectivity index is 1.82. The van der Waals surface area contributed by atoms with E-state index in [2.05, 4.69) is 15.6 Å². The SMILES string of the molecule is CC(C)CNC(=O)CCc1nc2ccccc2n(CC(=O)Nc2ccc(F)c(F)c2)c1=O. The molecule has 7 nitrogen and oxygen atoms in total. The zero-order valence-corrected chi connectivity index (χ0v) is 17.8. The molecule has 0 radical (unpaired) electrons. The first kappa shape index (κ1) is 23.1. The average Bonchev–Trinajstić information content (AvgIpc) is 2.75. The van der Waals surface area contributed by atoms with E-state index in [0.717, 1.165) is 12.1 Å². The van der Waals surface area contributed by atoms with Crippen molar-refractivity contribution in [3.63, 3.8) is 0 Å². The first-order valence-electron chi connectivity index (χ1n) is 10.2. The van der Waals surface area contributed by atoms with E-state index in [9.17, 15) is 23.2 Å². The third-order valence-electron chi connectivity index (χ3n) is 4.72. The number of benzene rings is 2. The smallest absolute Gasteiger partial charge is 0.273 e. The Bertz CT molecular complexity index is 1210. The molecule has 2 N–H and O–H groups in total. The minimum atomic E-state index is -1.09. The number of hydrogen-bond acceptors (Lipinski definition) is 4. The van der Waals surface area contributed by atoms with Gasteiger partial charge in [-0.15, -0.1) is 0 Å². The summed E-state index contributed by atoms with van der Waals surface area (Å²) in [7, 11) is 0. The second-order valence-electron chi connectivity index (χ2n) is 7.81. The van der Waals surface area contributed by atoms with Gasteiger partial charge in [0.15, 0.2) is 11.6 Å². The molecule has 0 unspecified atom stereocenters. The molecule has 0 saturated heterocycles. The van der Waals surface area contributed by atoms with Crippen molar-refractivity contribution in [1.29, 1.82) is 0 Å². The number of nitrogens with one attached hydrogen (secondary N) is 2. The maximum Gasteiger partial charge on any atom is 0.273 e. The van der Waals surface area contributed by atoms with Crippen LogP contribution in [-0.4, -0.2) is 27.9 Å². The zero-order chi connectivity index (χ0) is 23.3. The van der Waals surface area contributed by atoms with E-state index < -0.39 is 23.1 Å². The lowest BCUT2D eigenvalue weighted by molar-refractivity contribution is -0.121. The summed E-state index contributed by atoms with van der Waals surface area (Å²) < 4.78 is 27.8. The van der Waals surface area contributed by atoms with Crippen LogP contribution < -0.4 is 16.2 Å². The largest absolute Gasteiger partial charge is 0.356 e. The molecule has 168 valence electrons. The fraction of sp³-hybridized carbons (Fsp3) is 0.304. The highest BCUT2D eigenvalue weighted by Gasteiger charge is 2.15. The van der Waals surface area contributed by atoms with Crippen molar-refractivity contribution in [2.45, 2.75) is 33.2 Å². The van der Waals surface area contributed by atoms with E-state index in [0.29, 0.717) is 23.5 Å². The van der Waals surface area contributed by atoms with Crippen LogP contribution in [-0.2, 0) is 22.6 Å². The molecule has 0 aliphatic rings. The molecule has 0 atom stereocenters. The fourth-order valence-electron chi connectivity index (χ4n) is 3.12. The molecule has 1 aromatic heterocycles. The number of carbonyl (C=O) groups excluding carboxylic acids is 2. The normalized spacial score (nSPS) is 11.0. The van der Waals surface area contributed by atoms with Gasteiger partial charge in [0, 0.05) is 31.1 Å². The van der Waals surface area contributed by atoms with Crippen molar-refractivity contribution in [3.05, 3.63) is 70.1 Å². The van der Waals surface area contributed by atoms with Gasteiger partial charge in [-0.2, -0.15) is 0 Å². The van der Waals surface area contributed by atoms with Gasteiger partial charge < -0.3 is 10.6 Å². The van der Waals surface area contributed by atoms with Gasteiger partial charge >= 0.3 is 0 Å². The van der Waals surface area contributed by atoms with Gasteiger partial charge in [-0.3, -0.25) is 19.0 Å². The molecule has 0 aliphatic heterocycles. The summed E-state index contributed by atoms with van der Waals surface area (Å²) in [5.74, 6) is -2.58. The monoisotopic (exact) mass is 442 g/mol. The minimum absolute atomic E-state index is 0.0716. The van der Waals surface area contributed by atoms with Crippen molar-refractivity contribution in [1.82, 2.24) is 14.9 Å². The number of anilines is 1. The number of nitrogens with zero attached hydrogens (tertiary/aromatic N) is 2. The second kappa shape index (κ2) is 10.1. The number of aromatic nitrogens is 2. The van der Waals surface area contributed by atoms with Gasteiger partial charge in [-0.1, -0.05) is 26.0 Å². The molecule has 3 aromatic rings. The van der Waals surface area contributed by atoms with Gasteiger partial charge in [0.1, 0.15) is 12.2 Å². The molecule has 1 heterocycles. The number of carbonyl (C=O) groups is 2. The molecule has 0 spiro atoms. The molecule has 0 saturated carbocycles. The third kappa shape index (κ3) is 5.75. The first-order valence-corrected chi connectivity index (χ1v) is 10.2. The van der Waals surface area contributed by atoms with Crippen molar-refractivity contribution in [3.8, 4) is 0 Å². The number of halogens is 2. The highest BCUT2D eigenvalue weighted by atomic mass is 19.2. The topological polar surface area (TPSA) is 93.1 Å². The Hall–Kier alpha value is -3.62. The van der Waals surface area contributed by atoms with Gasteiger partial charge in [-0.05, 0) is 30.2 Å². The Morgan fingerprint density at radius 3 is 2.53 bits per heavy atom. The van der Waals surface area contributed by atoms with Crippen LogP contribution in [0.3, 0.4) is 0 Å². The predicted octanol–water partition coefficient (Wildman–Crippen LogP) is 3.02. The highest BCUT2D eigenvalue weighted by molar-refractivity contribution is 5.91. The fourth-order valence-corrected chi connectivity index (χ4v) is 3.12. The summed E-state index contributed by atoms with van der Waals surface area (Å²) in [5, 5.41) is 5.25. The maximum atomic E-state index is 13.4. The number of amides is 2. The Kier molecular flexibility index (Phi) is 7.29. The van der Waals surface area contributed by atoms with Crippen LogP contribution in [0.2, 0.25) is 0 Å². The summed E-state index contributed by atoms with van der Waals surface area (Å²) >= 11 is 0. The second-order valence-corrected chi connectivity index (χ2v) is 7.81. The van der Waals surface area contributed by atoms with E-state index in [1.54, 1.807) is 24.3 Å². The van der Waals surface area contributed by atoms with E-state index >= 15 is 0 Å². The standard InChI is InChI=1S/C23H24F2N4O3/c1-14(2)12-26-21(30)10-9-19-23(32)29(20-6-4-3-5-18(20)28-19)13-22(31)27-15-7-8-16(24)17(25)11-15/h3-8,11,14H,9-10,12-13H2,1-2H3,(H,26,30)(H,27,31). The predicted molar refractivity (Wildman–Crippen MR) is 117 cm³/mol. The Morgan fingerprint density at radius 2 is 1.81 bits per heavy atom. The van der Waals surface area contributed by atoms with Crippen molar-refractivity contribution < 1.29 is 18.4 Å². The Labute approximate surface area is 183 Å². The van der Waals surface area contributed by atoms with E-state index in [1.807, 2.05) is 13.8 Å². The lowest BCUT2D eigenvalue weighted by Gasteiger charge is -2.13. The molecule has 9 heteroatoms. The Morgan fingerprint density at radius 1 is 1.06 bits per heavy atom. The highest BCUT2D eigenvalue weighted by Crippen LogP contribution is 2.14. The number of aryl methyl sites for hydroxylation is 1. The van der Waals surface area contributed by atoms with Gasteiger partial charge in [-0.25, -0.2) is 13.8 Å². The number of para-hydroxylation sites is 2. The van der Waals surface area contributed by atoms with E-state index in [1.165, 1.54) is 10.6 Å². The molecular formula is C23H24F2N4O3. The lowest BCUT2D eigenvalue weighted by Crippen LogP contribution is -2.32. The molecule has 0 aliphatic carbocycles. The molecule has 3 rings (SSSR count). The van der Waals surface area contributed by atoms with Crippen molar-refractivity contribution in [2.75, 3.05) is 11.9 Å². The maximum absolute atomic E-state index is 13.4. The number of hydrogen-bond donors (Lipinski definition) is 2. The van der Waals surface area contributed by atoms with Crippen LogP contribution in [0.5, 0.6) is 0 Å². The number of fused-ring (bicyclic) bond motifs is 1. The molecule has 0 fully saturated rings. The summed E-state index contributed by atoms with van der Waals surface area (Å²) in [4.78, 5) is 42.0. The summed E-state index contributed by atoms with van der Waals surface area (Å²) in [6.07, 6.45) is 0.215. The van der Waals surface area contributed by atoms with Gasteiger partial charge in [0.2, 0.25) is 11.8 Å².